The smallest absolute Gasteiger partial charge is 0.161 e. The zero-order chi connectivity index (χ0) is 14.4. The lowest BCUT2D eigenvalue weighted by Gasteiger charge is -2.07. The third-order valence-electron chi connectivity index (χ3n) is 3.97. The summed E-state index contributed by atoms with van der Waals surface area (Å²) in [5, 5.41) is 1.94. The molecule has 0 amide bonds. The van der Waals surface area contributed by atoms with Crippen molar-refractivity contribution in [1.29, 1.82) is 0 Å². The highest BCUT2D eigenvalue weighted by Crippen LogP contribution is 2.30. The standard InChI is InChI=1S/C17H12Cl2N2/c18-13-6-7-14-15(9-13)20-17(21-16(14)19)12-5-4-10-2-1-3-11(10)8-12/h4-9H,1-3H2. The Hall–Kier alpha value is -1.64. The molecule has 2 aromatic carbocycles. The van der Waals surface area contributed by atoms with Gasteiger partial charge in [-0.25, -0.2) is 9.97 Å². The summed E-state index contributed by atoms with van der Waals surface area (Å²) in [4.78, 5) is 9.05. The van der Waals surface area contributed by atoms with Crippen LogP contribution in [0.25, 0.3) is 22.3 Å². The van der Waals surface area contributed by atoms with Gasteiger partial charge >= 0.3 is 0 Å². The molecule has 1 aliphatic rings. The first-order valence-electron chi connectivity index (χ1n) is 6.96. The fourth-order valence-corrected chi connectivity index (χ4v) is 3.31. The molecule has 0 saturated carbocycles. The molecular formula is C17H12Cl2N2. The Morgan fingerprint density at radius 1 is 0.857 bits per heavy atom. The van der Waals surface area contributed by atoms with Crippen LogP contribution in [-0.2, 0) is 12.8 Å². The normalized spacial score (nSPS) is 13.6. The van der Waals surface area contributed by atoms with Crippen molar-refractivity contribution in [2.45, 2.75) is 19.3 Å². The van der Waals surface area contributed by atoms with Crippen LogP contribution in [0.4, 0.5) is 0 Å². The number of halogens is 2. The average Bonchev–Trinajstić information content (AvgIpc) is 2.94. The monoisotopic (exact) mass is 314 g/mol. The van der Waals surface area contributed by atoms with Crippen LogP contribution in [0.5, 0.6) is 0 Å². The predicted octanol–water partition coefficient (Wildman–Crippen LogP) is 5.09. The van der Waals surface area contributed by atoms with Crippen molar-refractivity contribution in [2.75, 3.05) is 0 Å². The van der Waals surface area contributed by atoms with Crippen molar-refractivity contribution in [1.82, 2.24) is 9.97 Å². The van der Waals surface area contributed by atoms with Crippen molar-refractivity contribution >= 4 is 34.1 Å². The molecule has 2 nitrogen and oxygen atoms in total. The van der Waals surface area contributed by atoms with E-state index in [-0.39, 0.29) is 0 Å². The third-order valence-corrected chi connectivity index (χ3v) is 4.49. The highest BCUT2D eigenvalue weighted by molar-refractivity contribution is 6.35. The molecule has 1 aromatic heterocycles. The van der Waals surface area contributed by atoms with Crippen LogP contribution in [0.2, 0.25) is 10.2 Å². The Labute approximate surface area is 132 Å². The number of aromatic nitrogens is 2. The summed E-state index contributed by atoms with van der Waals surface area (Å²) in [5.41, 5.74) is 4.63. The third kappa shape index (κ3) is 2.29. The molecule has 0 bridgehead atoms. The summed E-state index contributed by atoms with van der Waals surface area (Å²) < 4.78 is 0. The molecule has 1 aliphatic carbocycles. The van der Waals surface area contributed by atoms with Crippen LogP contribution >= 0.6 is 23.2 Å². The maximum atomic E-state index is 6.29. The molecule has 0 unspecified atom stereocenters. The summed E-state index contributed by atoms with van der Waals surface area (Å²) in [6.45, 7) is 0. The number of rotatable bonds is 1. The predicted molar refractivity (Wildman–Crippen MR) is 87.0 cm³/mol. The Morgan fingerprint density at radius 3 is 2.62 bits per heavy atom. The van der Waals surface area contributed by atoms with E-state index in [2.05, 4.69) is 28.2 Å². The molecular weight excluding hydrogens is 303 g/mol. The van der Waals surface area contributed by atoms with E-state index >= 15 is 0 Å². The number of hydrogen-bond donors (Lipinski definition) is 0. The number of benzene rings is 2. The van der Waals surface area contributed by atoms with Crippen LogP contribution in [0.1, 0.15) is 17.5 Å². The lowest BCUT2D eigenvalue weighted by Crippen LogP contribution is -1.93. The molecule has 104 valence electrons. The summed E-state index contributed by atoms with van der Waals surface area (Å²) in [6, 6.07) is 11.9. The average molecular weight is 315 g/mol. The van der Waals surface area contributed by atoms with E-state index in [9.17, 15) is 0 Å². The first-order valence-corrected chi connectivity index (χ1v) is 7.71. The molecule has 0 radical (unpaired) electrons. The van der Waals surface area contributed by atoms with Gasteiger partial charge in [-0.3, -0.25) is 0 Å². The molecule has 0 N–H and O–H groups in total. The van der Waals surface area contributed by atoms with Crippen molar-refractivity contribution in [3.05, 3.63) is 57.7 Å². The zero-order valence-electron chi connectivity index (χ0n) is 11.2. The highest BCUT2D eigenvalue weighted by atomic mass is 35.5. The van der Waals surface area contributed by atoms with E-state index in [4.69, 9.17) is 23.2 Å². The minimum Gasteiger partial charge on any atom is -0.228 e. The van der Waals surface area contributed by atoms with Gasteiger partial charge in [0.1, 0.15) is 5.15 Å². The van der Waals surface area contributed by atoms with E-state index in [1.807, 2.05) is 12.1 Å². The summed E-state index contributed by atoms with van der Waals surface area (Å²) >= 11 is 12.3. The maximum absolute atomic E-state index is 6.29. The first-order chi connectivity index (χ1) is 10.2. The highest BCUT2D eigenvalue weighted by Gasteiger charge is 2.14. The minimum absolute atomic E-state index is 0.465. The molecule has 0 fully saturated rings. The van der Waals surface area contributed by atoms with Gasteiger partial charge in [-0.1, -0.05) is 35.3 Å². The molecule has 3 aromatic rings. The SMILES string of the molecule is Clc1ccc2c(Cl)nc(-c3ccc4c(c3)CCC4)nc2c1. The van der Waals surface area contributed by atoms with Gasteiger partial charge in [-0.15, -0.1) is 0 Å². The van der Waals surface area contributed by atoms with E-state index < -0.39 is 0 Å². The first kappa shape index (κ1) is 13.1. The maximum Gasteiger partial charge on any atom is 0.161 e. The van der Waals surface area contributed by atoms with Crippen LogP contribution in [0.3, 0.4) is 0 Å². The molecule has 0 spiro atoms. The largest absolute Gasteiger partial charge is 0.228 e. The molecule has 0 atom stereocenters. The Balaban J connectivity index is 1.90. The van der Waals surface area contributed by atoms with Crippen molar-refractivity contribution in [3.8, 4) is 11.4 Å². The summed E-state index contributed by atoms with van der Waals surface area (Å²) in [7, 11) is 0. The van der Waals surface area contributed by atoms with E-state index in [0.29, 0.717) is 16.0 Å². The van der Waals surface area contributed by atoms with Gasteiger partial charge in [0.25, 0.3) is 0 Å². The lowest BCUT2D eigenvalue weighted by molar-refractivity contribution is 0.912. The molecule has 4 rings (SSSR count). The van der Waals surface area contributed by atoms with Gasteiger partial charge in [0.05, 0.1) is 5.52 Å². The fourth-order valence-electron chi connectivity index (χ4n) is 2.90. The van der Waals surface area contributed by atoms with Crippen molar-refractivity contribution < 1.29 is 0 Å². The summed E-state index contributed by atoms with van der Waals surface area (Å²) in [5.74, 6) is 0.657. The Morgan fingerprint density at radius 2 is 1.71 bits per heavy atom. The van der Waals surface area contributed by atoms with Gasteiger partial charge in [0.2, 0.25) is 0 Å². The van der Waals surface area contributed by atoms with Crippen LogP contribution in [0.15, 0.2) is 36.4 Å². The summed E-state index contributed by atoms with van der Waals surface area (Å²) in [6.07, 6.45) is 3.54. The molecule has 0 aliphatic heterocycles. The van der Waals surface area contributed by atoms with Crippen LogP contribution in [-0.4, -0.2) is 9.97 Å². The molecule has 0 saturated heterocycles. The second kappa shape index (κ2) is 4.97. The van der Waals surface area contributed by atoms with Gasteiger partial charge < -0.3 is 0 Å². The lowest BCUT2D eigenvalue weighted by atomic mass is 10.1. The van der Waals surface area contributed by atoms with Gasteiger partial charge in [-0.05, 0) is 54.7 Å². The molecule has 4 heteroatoms. The van der Waals surface area contributed by atoms with Gasteiger partial charge in [-0.2, -0.15) is 0 Å². The quantitative estimate of drug-likeness (QED) is 0.584. The van der Waals surface area contributed by atoms with Crippen molar-refractivity contribution in [2.24, 2.45) is 0 Å². The molecule has 21 heavy (non-hydrogen) atoms. The van der Waals surface area contributed by atoms with E-state index in [1.165, 1.54) is 24.0 Å². The topological polar surface area (TPSA) is 25.8 Å². The number of fused-ring (bicyclic) bond motifs is 2. The van der Waals surface area contributed by atoms with E-state index in [1.54, 1.807) is 6.07 Å². The number of hydrogen-bond acceptors (Lipinski definition) is 2. The zero-order valence-corrected chi connectivity index (χ0v) is 12.7. The van der Waals surface area contributed by atoms with Gasteiger partial charge in [0.15, 0.2) is 5.82 Å². The second-order valence-electron chi connectivity index (χ2n) is 5.34. The fraction of sp³-hybridized carbons (Fsp3) is 0.176. The van der Waals surface area contributed by atoms with Crippen molar-refractivity contribution in [3.63, 3.8) is 0 Å². The van der Waals surface area contributed by atoms with Crippen LogP contribution < -0.4 is 0 Å². The second-order valence-corrected chi connectivity index (χ2v) is 6.13. The number of nitrogens with zero attached hydrogens (tertiary/aromatic N) is 2. The Kier molecular flexibility index (Phi) is 3.09. The van der Waals surface area contributed by atoms with Crippen LogP contribution in [0, 0.1) is 0 Å². The van der Waals surface area contributed by atoms with E-state index in [0.717, 1.165) is 22.9 Å². The molecule has 1 heterocycles. The number of aryl methyl sites for hydroxylation is 2. The van der Waals surface area contributed by atoms with Gasteiger partial charge in [0, 0.05) is 16.0 Å². The Bertz CT molecular complexity index is 859. The minimum atomic E-state index is 0.465.